The van der Waals surface area contributed by atoms with E-state index < -0.39 is 0 Å². The molecule has 1 aromatic rings. The smallest absolute Gasteiger partial charge is 0.0564 e. The molecule has 18 heavy (non-hydrogen) atoms. The number of thioether (sulfide) groups is 1. The van der Waals surface area contributed by atoms with Crippen molar-refractivity contribution in [2.24, 2.45) is 0 Å². The summed E-state index contributed by atoms with van der Waals surface area (Å²) >= 11 is 5.15. The fourth-order valence-electron chi connectivity index (χ4n) is 2.03. The van der Waals surface area contributed by atoms with Crippen molar-refractivity contribution in [3.8, 4) is 0 Å². The fraction of sp³-hybridized carbons (Fsp3) is 0.571. The van der Waals surface area contributed by atoms with Crippen LogP contribution < -0.4 is 5.32 Å². The summed E-state index contributed by atoms with van der Waals surface area (Å²) in [7, 11) is 0. The molecule has 0 aliphatic heterocycles. The molecule has 0 heterocycles. The van der Waals surface area contributed by atoms with Crippen LogP contribution in [0, 0.1) is 0 Å². The van der Waals surface area contributed by atoms with Gasteiger partial charge in [0.05, 0.1) is 6.61 Å². The summed E-state index contributed by atoms with van der Waals surface area (Å²) < 4.78 is 1.11. The Hall–Kier alpha value is -0.0300. The minimum Gasteiger partial charge on any atom is -0.395 e. The van der Waals surface area contributed by atoms with Crippen LogP contribution in [0.4, 0.5) is 0 Å². The van der Waals surface area contributed by atoms with Crippen molar-refractivity contribution in [3.63, 3.8) is 0 Å². The number of aliphatic hydroxyl groups is 1. The molecule has 4 heteroatoms. The number of aliphatic hydroxyl groups excluding tert-OH is 1. The van der Waals surface area contributed by atoms with E-state index >= 15 is 0 Å². The third-order valence-electron chi connectivity index (χ3n) is 3.04. The van der Waals surface area contributed by atoms with Gasteiger partial charge in [-0.2, -0.15) is 11.8 Å². The number of hydrogen-bond acceptors (Lipinski definition) is 3. The van der Waals surface area contributed by atoms with E-state index in [0.29, 0.717) is 12.1 Å². The summed E-state index contributed by atoms with van der Waals surface area (Å²) in [4.78, 5) is 0. The molecule has 0 fully saturated rings. The van der Waals surface area contributed by atoms with Crippen LogP contribution in [-0.2, 0) is 6.42 Å². The predicted molar refractivity (Wildman–Crippen MR) is 84.3 cm³/mol. The van der Waals surface area contributed by atoms with Gasteiger partial charge in [-0.3, -0.25) is 0 Å². The molecule has 0 aromatic heterocycles. The van der Waals surface area contributed by atoms with Crippen LogP contribution in [0.15, 0.2) is 28.7 Å². The Balaban J connectivity index is 2.45. The van der Waals surface area contributed by atoms with E-state index in [9.17, 15) is 5.11 Å². The highest BCUT2D eigenvalue weighted by Gasteiger charge is 2.17. The predicted octanol–water partition coefficient (Wildman–Crippen LogP) is 3.08. The molecule has 0 spiro atoms. The van der Waals surface area contributed by atoms with Gasteiger partial charge in [-0.1, -0.05) is 28.1 Å². The van der Waals surface area contributed by atoms with Gasteiger partial charge in [-0.25, -0.2) is 0 Å². The highest BCUT2D eigenvalue weighted by Crippen LogP contribution is 2.14. The van der Waals surface area contributed by atoms with Gasteiger partial charge >= 0.3 is 0 Å². The molecule has 2 nitrogen and oxygen atoms in total. The van der Waals surface area contributed by atoms with E-state index in [-0.39, 0.29) is 11.9 Å². The molecule has 0 amide bonds. The van der Waals surface area contributed by atoms with Gasteiger partial charge in [0.2, 0.25) is 0 Å². The summed E-state index contributed by atoms with van der Waals surface area (Å²) in [5.41, 5.74) is 1.33. The first-order valence-electron chi connectivity index (χ1n) is 6.21. The van der Waals surface area contributed by atoms with E-state index in [0.717, 1.165) is 10.9 Å². The zero-order valence-electron chi connectivity index (χ0n) is 11.2. The summed E-state index contributed by atoms with van der Waals surface area (Å²) in [6, 6.07) is 9.15. The Morgan fingerprint density at radius 3 is 2.39 bits per heavy atom. The van der Waals surface area contributed by atoms with Gasteiger partial charge in [0.1, 0.15) is 0 Å². The van der Waals surface area contributed by atoms with Crippen LogP contribution >= 0.6 is 27.7 Å². The van der Waals surface area contributed by atoms with Crippen molar-refractivity contribution in [1.29, 1.82) is 0 Å². The second kappa shape index (κ2) is 8.20. The normalized spacial score (nSPS) is 16.3. The van der Waals surface area contributed by atoms with E-state index in [1.165, 1.54) is 5.56 Å². The molecule has 0 saturated heterocycles. The summed E-state index contributed by atoms with van der Waals surface area (Å²) in [6.45, 7) is 4.54. The van der Waals surface area contributed by atoms with Crippen molar-refractivity contribution in [1.82, 2.24) is 5.32 Å². The fourth-order valence-corrected chi connectivity index (χ4v) is 2.93. The van der Waals surface area contributed by atoms with Crippen LogP contribution in [0.2, 0.25) is 0 Å². The Labute approximate surface area is 123 Å². The molecule has 0 aliphatic carbocycles. The lowest BCUT2D eigenvalue weighted by Gasteiger charge is -2.25. The molecule has 3 unspecified atom stereocenters. The summed E-state index contributed by atoms with van der Waals surface area (Å²) in [5.74, 6) is 0. The number of nitrogens with one attached hydrogen (secondary N) is 1. The maximum atomic E-state index is 9.26. The van der Waals surface area contributed by atoms with Crippen molar-refractivity contribution in [3.05, 3.63) is 34.3 Å². The van der Waals surface area contributed by atoms with Crippen molar-refractivity contribution in [2.45, 2.75) is 37.6 Å². The summed E-state index contributed by atoms with van der Waals surface area (Å²) in [6.07, 6.45) is 3.04. The number of halogens is 1. The maximum Gasteiger partial charge on any atom is 0.0564 e. The molecule has 0 saturated carbocycles. The molecule has 0 aliphatic rings. The van der Waals surface area contributed by atoms with Gasteiger partial charge < -0.3 is 10.4 Å². The van der Waals surface area contributed by atoms with E-state index in [1.807, 2.05) is 6.26 Å². The third kappa shape index (κ3) is 5.31. The van der Waals surface area contributed by atoms with Gasteiger partial charge in [0, 0.05) is 21.8 Å². The van der Waals surface area contributed by atoms with Crippen molar-refractivity contribution in [2.75, 3.05) is 12.9 Å². The molecule has 1 rings (SSSR count). The first kappa shape index (κ1) is 16.0. The monoisotopic (exact) mass is 331 g/mol. The third-order valence-corrected chi connectivity index (χ3v) is 4.73. The molecule has 3 atom stereocenters. The van der Waals surface area contributed by atoms with Crippen LogP contribution in [0.1, 0.15) is 19.4 Å². The zero-order chi connectivity index (χ0) is 13.5. The highest BCUT2D eigenvalue weighted by molar-refractivity contribution is 9.10. The van der Waals surface area contributed by atoms with Crippen LogP contribution in [0.5, 0.6) is 0 Å². The molecule has 2 N–H and O–H groups in total. The second-order valence-electron chi connectivity index (χ2n) is 4.64. The second-order valence-corrected chi connectivity index (χ2v) is 6.64. The Morgan fingerprint density at radius 1 is 1.28 bits per heavy atom. The quantitative estimate of drug-likeness (QED) is 0.805. The first-order chi connectivity index (χ1) is 8.56. The number of hydrogen-bond donors (Lipinski definition) is 2. The lowest BCUT2D eigenvalue weighted by Crippen LogP contribution is -2.43. The first-order valence-corrected chi connectivity index (χ1v) is 8.29. The SMILES string of the molecule is CSC(CO)C(C)NC(C)Cc1ccc(Br)cc1. The highest BCUT2D eigenvalue weighted by atomic mass is 79.9. The van der Waals surface area contributed by atoms with Crippen LogP contribution in [0.25, 0.3) is 0 Å². The Bertz CT molecular complexity index is 340. The minimum atomic E-state index is 0.223. The Morgan fingerprint density at radius 2 is 1.89 bits per heavy atom. The minimum absolute atomic E-state index is 0.223. The number of rotatable bonds is 7. The number of benzene rings is 1. The van der Waals surface area contributed by atoms with Crippen LogP contribution in [-0.4, -0.2) is 35.3 Å². The van der Waals surface area contributed by atoms with Gasteiger partial charge in [0.15, 0.2) is 0 Å². The average molecular weight is 332 g/mol. The van der Waals surface area contributed by atoms with Crippen molar-refractivity contribution < 1.29 is 5.11 Å². The molecular formula is C14H22BrNOS. The molecule has 0 radical (unpaired) electrons. The topological polar surface area (TPSA) is 32.3 Å². The molecule has 102 valence electrons. The largest absolute Gasteiger partial charge is 0.395 e. The summed E-state index contributed by atoms with van der Waals surface area (Å²) in [5, 5.41) is 13.1. The van der Waals surface area contributed by atoms with Gasteiger partial charge in [0.25, 0.3) is 0 Å². The molecule has 0 bridgehead atoms. The van der Waals surface area contributed by atoms with Gasteiger partial charge in [-0.05, 0) is 44.2 Å². The zero-order valence-corrected chi connectivity index (χ0v) is 13.6. The lowest BCUT2D eigenvalue weighted by molar-refractivity contribution is 0.271. The van der Waals surface area contributed by atoms with Crippen LogP contribution in [0.3, 0.4) is 0 Å². The van der Waals surface area contributed by atoms with E-state index in [4.69, 9.17) is 0 Å². The Kier molecular flexibility index (Phi) is 7.30. The van der Waals surface area contributed by atoms with Gasteiger partial charge in [-0.15, -0.1) is 0 Å². The van der Waals surface area contributed by atoms with Crippen molar-refractivity contribution >= 4 is 27.7 Å². The lowest BCUT2D eigenvalue weighted by atomic mass is 10.1. The van der Waals surface area contributed by atoms with E-state index in [1.54, 1.807) is 11.8 Å². The average Bonchev–Trinajstić information content (AvgIpc) is 2.33. The molecule has 1 aromatic carbocycles. The standard InChI is InChI=1S/C14H22BrNOS/c1-10(16-11(2)14(9-17)18-3)8-12-4-6-13(15)7-5-12/h4-7,10-11,14,16-17H,8-9H2,1-3H3. The molecular weight excluding hydrogens is 310 g/mol. The maximum absolute atomic E-state index is 9.26. The van der Waals surface area contributed by atoms with E-state index in [2.05, 4.69) is 59.4 Å².